The number of nitrogens with two attached hydrogens (primary N) is 1. The average Bonchev–Trinajstić information content (AvgIpc) is 2.11. The lowest BCUT2D eigenvalue weighted by Crippen LogP contribution is -2.34. The van der Waals surface area contributed by atoms with Gasteiger partial charge < -0.3 is 10.5 Å². The molecule has 1 atom stereocenters. The van der Waals surface area contributed by atoms with Crippen LogP contribution in [0.15, 0.2) is 0 Å². The van der Waals surface area contributed by atoms with E-state index in [-0.39, 0.29) is 11.4 Å². The molecule has 15 heavy (non-hydrogen) atoms. The summed E-state index contributed by atoms with van der Waals surface area (Å²) in [7, 11) is 0. The van der Waals surface area contributed by atoms with Crippen molar-refractivity contribution < 1.29 is 9.53 Å². The van der Waals surface area contributed by atoms with E-state index in [9.17, 15) is 4.79 Å². The molecule has 0 aliphatic rings. The van der Waals surface area contributed by atoms with E-state index in [4.69, 9.17) is 10.5 Å². The topological polar surface area (TPSA) is 52.3 Å². The second-order valence-corrected chi connectivity index (χ2v) is 4.97. The second-order valence-electron chi connectivity index (χ2n) is 4.15. The van der Waals surface area contributed by atoms with Crippen LogP contribution in [0.5, 0.6) is 0 Å². The first-order chi connectivity index (χ1) is 6.87. The number of carbonyl (C=O) groups excluding carboxylic acids is 1. The Morgan fingerprint density at radius 2 is 2.13 bits per heavy atom. The Labute approximate surface area is 96.1 Å². The zero-order valence-corrected chi connectivity index (χ0v) is 10.6. The molecule has 0 aromatic carbocycles. The van der Waals surface area contributed by atoms with Crippen molar-refractivity contribution in [3.63, 3.8) is 0 Å². The van der Waals surface area contributed by atoms with E-state index in [0.717, 1.165) is 0 Å². The van der Waals surface area contributed by atoms with Crippen LogP contribution in [-0.4, -0.2) is 24.4 Å². The molecule has 0 fully saturated rings. The summed E-state index contributed by atoms with van der Waals surface area (Å²) in [5.74, 6) is 3.17. The average molecular weight is 229 g/mol. The molecule has 0 aromatic heterocycles. The number of hydrogen-bond acceptors (Lipinski definition) is 4. The van der Waals surface area contributed by atoms with Crippen LogP contribution < -0.4 is 5.73 Å². The van der Waals surface area contributed by atoms with E-state index < -0.39 is 6.04 Å². The minimum atomic E-state index is -0.579. The number of carbonyl (C=O) groups is 1. The van der Waals surface area contributed by atoms with Crippen molar-refractivity contribution in [1.82, 2.24) is 0 Å². The lowest BCUT2D eigenvalue weighted by Gasteiger charge is -2.08. The van der Waals surface area contributed by atoms with E-state index in [1.165, 1.54) is 11.8 Å². The molecule has 4 heteroatoms. The highest BCUT2D eigenvalue weighted by Gasteiger charge is 2.13. The highest BCUT2D eigenvalue weighted by atomic mass is 32.2. The fourth-order valence-electron chi connectivity index (χ4n) is 0.638. The van der Waals surface area contributed by atoms with Crippen molar-refractivity contribution in [2.45, 2.75) is 33.7 Å². The van der Waals surface area contributed by atoms with Crippen molar-refractivity contribution >= 4 is 17.7 Å². The quantitative estimate of drug-likeness (QED) is 0.588. The molecule has 0 bridgehead atoms. The molecule has 0 heterocycles. The van der Waals surface area contributed by atoms with Gasteiger partial charge in [0.25, 0.3) is 0 Å². The third-order valence-corrected chi connectivity index (χ3v) is 2.12. The van der Waals surface area contributed by atoms with Gasteiger partial charge in [0.1, 0.15) is 6.04 Å². The lowest BCUT2D eigenvalue weighted by molar-refractivity contribution is -0.144. The molecule has 0 aromatic rings. The number of thioether (sulfide) groups is 1. The Bertz CT molecular complexity index is 260. The number of hydrogen-bond donors (Lipinski definition) is 1. The fraction of sp³-hybridized carbons (Fsp3) is 0.727. The number of esters is 1. The first-order valence-electron chi connectivity index (χ1n) is 4.93. The third-order valence-electron chi connectivity index (χ3n) is 1.35. The van der Waals surface area contributed by atoms with E-state index >= 15 is 0 Å². The molecular formula is C11H19NO2S. The zero-order chi connectivity index (χ0) is 11.9. The van der Waals surface area contributed by atoms with Gasteiger partial charge in [-0.05, 0) is 32.9 Å². The minimum Gasteiger partial charge on any atom is -0.465 e. The van der Waals surface area contributed by atoms with E-state index in [2.05, 4.69) is 11.2 Å². The Morgan fingerprint density at radius 1 is 1.53 bits per heavy atom. The van der Waals surface area contributed by atoms with Gasteiger partial charge in [-0.1, -0.05) is 17.7 Å². The maximum atomic E-state index is 11.1. The monoisotopic (exact) mass is 229 g/mol. The molecule has 0 spiro atoms. The predicted molar refractivity (Wildman–Crippen MR) is 64.3 cm³/mol. The van der Waals surface area contributed by atoms with Gasteiger partial charge in [0.2, 0.25) is 0 Å². The molecule has 3 nitrogen and oxygen atoms in total. The third kappa shape index (κ3) is 8.34. The molecule has 0 amide bonds. The van der Waals surface area contributed by atoms with Gasteiger partial charge in [0.05, 0.1) is 6.61 Å². The first-order valence-corrected chi connectivity index (χ1v) is 5.91. The van der Waals surface area contributed by atoms with Crippen LogP contribution in [0.25, 0.3) is 0 Å². The minimum absolute atomic E-state index is 0.0129. The Hall–Kier alpha value is -0.660. The Morgan fingerprint density at radius 3 is 2.60 bits per heavy atom. The Balaban J connectivity index is 3.85. The van der Waals surface area contributed by atoms with Crippen LogP contribution >= 0.6 is 11.8 Å². The predicted octanol–water partition coefficient (Wildman–Crippen LogP) is 1.62. The summed E-state index contributed by atoms with van der Waals surface area (Å²) >= 11 is 1.36. The van der Waals surface area contributed by atoms with Gasteiger partial charge in [-0.25, -0.2) is 0 Å². The molecule has 86 valence electrons. The van der Waals surface area contributed by atoms with Crippen molar-refractivity contribution in [1.29, 1.82) is 0 Å². The van der Waals surface area contributed by atoms with Crippen LogP contribution in [-0.2, 0) is 9.53 Å². The fourth-order valence-corrected chi connectivity index (χ4v) is 1.42. The molecule has 0 radical (unpaired) electrons. The number of rotatable bonds is 4. The highest BCUT2D eigenvalue weighted by molar-refractivity contribution is 8.03. The van der Waals surface area contributed by atoms with Crippen molar-refractivity contribution in [3.05, 3.63) is 0 Å². The second kappa shape index (κ2) is 6.76. The molecule has 2 N–H and O–H groups in total. The van der Waals surface area contributed by atoms with E-state index in [0.29, 0.717) is 12.4 Å². The lowest BCUT2D eigenvalue weighted by atomic mass is 9.99. The maximum absolute atomic E-state index is 11.1. The van der Waals surface area contributed by atoms with Crippen LogP contribution in [0, 0.1) is 16.6 Å². The van der Waals surface area contributed by atoms with Crippen LogP contribution in [0.2, 0.25) is 0 Å². The molecule has 0 rings (SSSR count). The van der Waals surface area contributed by atoms with E-state index in [1.807, 2.05) is 20.8 Å². The summed E-state index contributed by atoms with van der Waals surface area (Å²) < 4.78 is 4.78. The van der Waals surface area contributed by atoms with Crippen LogP contribution in [0.4, 0.5) is 0 Å². The Kier molecular flexibility index (Phi) is 6.46. The molecule has 0 saturated heterocycles. The standard InChI is InChI=1S/C11H19NO2S/c1-5-14-10(13)9(12)8-15-7-6-11(2,3)4/h9H,5,8,12H2,1-4H3/t9-/m0/s1. The summed E-state index contributed by atoms with van der Waals surface area (Å²) in [6.45, 7) is 8.23. The van der Waals surface area contributed by atoms with Crippen LogP contribution in [0.3, 0.4) is 0 Å². The smallest absolute Gasteiger partial charge is 0.323 e. The van der Waals surface area contributed by atoms with Crippen LogP contribution in [0.1, 0.15) is 27.7 Å². The summed E-state index contributed by atoms with van der Waals surface area (Å²) in [5.41, 5.74) is 5.58. The van der Waals surface area contributed by atoms with E-state index in [1.54, 1.807) is 6.92 Å². The molecular weight excluding hydrogens is 210 g/mol. The van der Waals surface area contributed by atoms with Gasteiger partial charge in [-0.3, -0.25) is 4.79 Å². The number of ether oxygens (including phenoxy) is 1. The first kappa shape index (κ1) is 14.3. The molecule has 0 aliphatic heterocycles. The summed E-state index contributed by atoms with van der Waals surface area (Å²) in [5, 5.41) is 2.93. The van der Waals surface area contributed by atoms with Crippen molar-refractivity contribution in [2.24, 2.45) is 11.1 Å². The van der Waals surface area contributed by atoms with Gasteiger partial charge in [-0.15, -0.1) is 0 Å². The van der Waals surface area contributed by atoms with Gasteiger partial charge >= 0.3 is 5.97 Å². The highest BCUT2D eigenvalue weighted by Crippen LogP contribution is 2.11. The molecule has 0 saturated carbocycles. The summed E-state index contributed by atoms with van der Waals surface area (Å²) in [6.07, 6.45) is 0. The van der Waals surface area contributed by atoms with Gasteiger partial charge in [-0.2, -0.15) is 0 Å². The molecule has 0 unspecified atom stereocenters. The summed E-state index contributed by atoms with van der Waals surface area (Å²) in [6, 6.07) is -0.579. The van der Waals surface area contributed by atoms with Gasteiger partial charge in [0, 0.05) is 11.2 Å². The van der Waals surface area contributed by atoms with Crippen molar-refractivity contribution in [2.75, 3.05) is 12.4 Å². The van der Waals surface area contributed by atoms with Gasteiger partial charge in [0.15, 0.2) is 0 Å². The SMILES string of the molecule is CCOC(=O)[C@@H](N)CSC#CC(C)(C)C. The van der Waals surface area contributed by atoms with Crippen molar-refractivity contribution in [3.8, 4) is 11.2 Å². The molecule has 0 aliphatic carbocycles. The maximum Gasteiger partial charge on any atom is 0.323 e. The normalized spacial score (nSPS) is 12.6. The largest absolute Gasteiger partial charge is 0.465 e. The summed E-state index contributed by atoms with van der Waals surface area (Å²) in [4.78, 5) is 11.1. The zero-order valence-electron chi connectivity index (χ0n) is 9.79.